The summed E-state index contributed by atoms with van der Waals surface area (Å²) in [6, 6.07) is 2.02. The molecule has 0 aromatic heterocycles. The molecule has 21 heavy (non-hydrogen) atoms. The monoisotopic (exact) mass is 316 g/mol. The topological polar surface area (TPSA) is 75.4 Å². The van der Waals surface area contributed by atoms with Crippen LogP contribution in [0.25, 0.3) is 0 Å². The summed E-state index contributed by atoms with van der Waals surface area (Å²) in [5.74, 6) is -0.323. The number of nitro benzene ring substituents is 1. The number of nitro groups is 1. The minimum Gasteiger partial charge on any atom is -0.394 e. The lowest BCUT2D eigenvalue weighted by molar-refractivity contribution is -0.384. The molecule has 5 nitrogen and oxygen atoms in total. The van der Waals surface area contributed by atoms with Crippen molar-refractivity contribution in [2.24, 2.45) is 5.92 Å². The Morgan fingerprint density at radius 3 is 2.90 bits per heavy atom. The molecular formula is C14H18ClFN2O3. The maximum Gasteiger partial charge on any atom is 0.294 e. The van der Waals surface area contributed by atoms with E-state index in [4.69, 9.17) is 11.6 Å². The fourth-order valence-electron chi connectivity index (χ4n) is 3.03. The van der Waals surface area contributed by atoms with Crippen LogP contribution in [-0.2, 0) is 0 Å². The van der Waals surface area contributed by atoms with Crippen molar-refractivity contribution in [3.63, 3.8) is 0 Å². The zero-order chi connectivity index (χ0) is 15.6. The molecule has 2 atom stereocenters. The zero-order valence-corrected chi connectivity index (χ0v) is 12.5. The van der Waals surface area contributed by atoms with E-state index in [9.17, 15) is 19.6 Å². The van der Waals surface area contributed by atoms with Gasteiger partial charge in [-0.15, -0.1) is 0 Å². The summed E-state index contributed by atoms with van der Waals surface area (Å²) in [4.78, 5) is 10.5. The van der Waals surface area contributed by atoms with Gasteiger partial charge in [0.05, 0.1) is 22.1 Å². The molecule has 0 bridgehead atoms. The van der Waals surface area contributed by atoms with E-state index in [1.807, 2.05) is 0 Å². The number of rotatable bonds is 4. The van der Waals surface area contributed by atoms with Crippen LogP contribution in [0.2, 0.25) is 5.02 Å². The third-order valence-corrected chi connectivity index (χ3v) is 4.32. The van der Waals surface area contributed by atoms with E-state index < -0.39 is 16.3 Å². The van der Waals surface area contributed by atoms with Crippen LogP contribution >= 0.6 is 11.6 Å². The van der Waals surface area contributed by atoms with Crippen molar-refractivity contribution in [3.8, 4) is 0 Å². The molecule has 0 radical (unpaired) electrons. The average Bonchev–Trinajstić information content (AvgIpc) is 2.42. The van der Waals surface area contributed by atoms with Crippen LogP contribution in [0, 0.1) is 21.8 Å². The molecule has 1 saturated carbocycles. The number of aliphatic hydroxyl groups is 1. The molecule has 0 amide bonds. The van der Waals surface area contributed by atoms with Gasteiger partial charge in [-0.05, 0) is 18.8 Å². The molecule has 0 aliphatic heterocycles. The van der Waals surface area contributed by atoms with Crippen molar-refractivity contribution in [1.29, 1.82) is 0 Å². The van der Waals surface area contributed by atoms with E-state index in [-0.39, 0.29) is 23.0 Å². The van der Waals surface area contributed by atoms with Gasteiger partial charge in [0.25, 0.3) is 5.69 Å². The van der Waals surface area contributed by atoms with Gasteiger partial charge in [0, 0.05) is 12.1 Å². The second-order valence-corrected chi connectivity index (χ2v) is 6.21. The van der Waals surface area contributed by atoms with Gasteiger partial charge in [0.1, 0.15) is 11.5 Å². The molecular weight excluding hydrogens is 299 g/mol. The van der Waals surface area contributed by atoms with Crippen LogP contribution in [-0.4, -0.2) is 22.2 Å². The molecule has 1 aromatic carbocycles. The van der Waals surface area contributed by atoms with E-state index in [0.717, 1.165) is 25.0 Å². The number of hydrogen-bond donors (Lipinski definition) is 2. The Hall–Kier alpha value is -1.40. The lowest BCUT2D eigenvalue weighted by Gasteiger charge is -2.40. The Morgan fingerprint density at radius 1 is 1.62 bits per heavy atom. The van der Waals surface area contributed by atoms with Gasteiger partial charge in [0.2, 0.25) is 0 Å². The van der Waals surface area contributed by atoms with Crippen molar-refractivity contribution >= 4 is 23.0 Å². The zero-order valence-electron chi connectivity index (χ0n) is 11.7. The maximum atomic E-state index is 13.6. The largest absolute Gasteiger partial charge is 0.394 e. The quantitative estimate of drug-likeness (QED) is 0.655. The molecule has 116 valence electrons. The fraction of sp³-hybridized carbons (Fsp3) is 0.571. The summed E-state index contributed by atoms with van der Waals surface area (Å²) in [7, 11) is 0. The molecule has 0 heterocycles. The number of anilines is 1. The molecule has 0 saturated heterocycles. The van der Waals surface area contributed by atoms with Gasteiger partial charge in [-0.3, -0.25) is 10.1 Å². The summed E-state index contributed by atoms with van der Waals surface area (Å²) in [5.41, 5.74) is -0.875. The van der Waals surface area contributed by atoms with Crippen molar-refractivity contribution < 1.29 is 14.4 Å². The summed E-state index contributed by atoms with van der Waals surface area (Å²) in [6.45, 7) is 1.92. The van der Waals surface area contributed by atoms with Crippen molar-refractivity contribution in [3.05, 3.63) is 33.1 Å². The Labute approximate surface area is 127 Å². The molecule has 2 N–H and O–H groups in total. The Balaban J connectivity index is 2.37. The third kappa shape index (κ3) is 3.44. The highest BCUT2D eigenvalue weighted by atomic mass is 35.5. The van der Waals surface area contributed by atoms with Crippen LogP contribution in [0.5, 0.6) is 0 Å². The molecule has 1 aliphatic rings. The first kappa shape index (κ1) is 16.0. The standard InChI is InChI=1S/C14H18ClFN2O3/c1-9-3-2-4-14(7-9,8-19)17-12-6-11(16)10(15)5-13(12)18(20)21/h5-6,9,17,19H,2-4,7-8H2,1H3. The summed E-state index contributed by atoms with van der Waals surface area (Å²) < 4.78 is 13.6. The van der Waals surface area contributed by atoms with Gasteiger partial charge in [-0.2, -0.15) is 0 Å². The second kappa shape index (κ2) is 6.15. The SMILES string of the molecule is CC1CCCC(CO)(Nc2cc(F)c(Cl)cc2[N+](=O)[O-])C1. The first-order valence-electron chi connectivity index (χ1n) is 6.89. The third-order valence-electron chi connectivity index (χ3n) is 4.03. The van der Waals surface area contributed by atoms with E-state index in [1.165, 1.54) is 0 Å². The molecule has 1 fully saturated rings. The Bertz CT molecular complexity index is 555. The number of nitrogens with one attached hydrogen (secondary N) is 1. The molecule has 2 rings (SSSR count). The van der Waals surface area contributed by atoms with Gasteiger partial charge >= 0.3 is 0 Å². The normalized spacial score (nSPS) is 25.6. The molecule has 7 heteroatoms. The van der Waals surface area contributed by atoms with Crippen LogP contribution in [0.3, 0.4) is 0 Å². The van der Waals surface area contributed by atoms with E-state index in [0.29, 0.717) is 18.8 Å². The van der Waals surface area contributed by atoms with Gasteiger partial charge in [0.15, 0.2) is 0 Å². The van der Waals surface area contributed by atoms with Crippen LogP contribution < -0.4 is 5.32 Å². The minimum atomic E-state index is -0.721. The maximum absolute atomic E-state index is 13.6. The van der Waals surface area contributed by atoms with Crippen molar-refractivity contribution in [1.82, 2.24) is 0 Å². The second-order valence-electron chi connectivity index (χ2n) is 5.81. The highest BCUT2D eigenvalue weighted by Gasteiger charge is 2.36. The number of benzene rings is 1. The predicted octanol–water partition coefficient (Wildman–Crippen LogP) is 3.74. The minimum absolute atomic E-state index is 0.0602. The molecule has 2 unspecified atom stereocenters. The van der Waals surface area contributed by atoms with Crippen molar-refractivity contribution in [2.75, 3.05) is 11.9 Å². The predicted molar refractivity (Wildman–Crippen MR) is 79.1 cm³/mol. The smallest absolute Gasteiger partial charge is 0.294 e. The summed E-state index contributed by atoms with van der Waals surface area (Å²) in [5, 5.41) is 23.5. The van der Waals surface area contributed by atoms with Gasteiger partial charge in [-0.25, -0.2) is 4.39 Å². The summed E-state index contributed by atoms with van der Waals surface area (Å²) >= 11 is 5.61. The first-order chi connectivity index (χ1) is 9.87. The number of halogens is 2. The Morgan fingerprint density at radius 2 is 2.33 bits per heavy atom. The summed E-state index contributed by atoms with van der Waals surface area (Å²) in [6.07, 6.45) is 3.35. The van der Waals surface area contributed by atoms with Gasteiger partial charge < -0.3 is 10.4 Å². The Kier molecular flexibility index (Phi) is 4.68. The lowest BCUT2D eigenvalue weighted by atomic mass is 9.76. The highest BCUT2D eigenvalue weighted by molar-refractivity contribution is 6.31. The average molecular weight is 317 g/mol. The van der Waals surface area contributed by atoms with Crippen LogP contribution in [0.4, 0.5) is 15.8 Å². The first-order valence-corrected chi connectivity index (χ1v) is 7.27. The number of aliphatic hydroxyl groups excluding tert-OH is 1. The highest BCUT2D eigenvalue weighted by Crippen LogP contribution is 2.38. The van der Waals surface area contributed by atoms with E-state index in [2.05, 4.69) is 12.2 Å². The molecule has 1 aliphatic carbocycles. The fourth-order valence-corrected chi connectivity index (χ4v) is 3.19. The van der Waals surface area contributed by atoms with E-state index in [1.54, 1.807) is 0 Å². The van der Waals surface area contributed by atoms with Crippen molar-refractivity contribution in [2.45, 2.75) is 38.1 Å². The number of nitrogens with zero attached hydrogens (tertiary/aromatic N) is 1. The molecule has 0 spiro atoms. The lowest BCUT2D eigenvalue weighted by Crippen LogP contribution is -2.46. The molecule has 1 aromatic rings. The van der Waals surface area contributed by atoms with Gasteiger partial charge in [-0.1, -0.05) is 31.4 Å². The number of hydrogen-bond acceptors (Lipinski definition) is 4. The van der Waals surface area contributed by atoms with Crippen LogP contribution in [0.1, 0.15) is 32.6 Å². The van der Waals surface area contributed by atoms with Crippen LogP contribution in [0.15, 0.2) is 12.1 Å². The van der Waals surface area contributed by atoms with E-state index >= 15 is 0 Å².